The van der Waals surface area contributed by atoms with E-state index in [1.807, 2.05) is 17.8 Å². The predicted molar refractivity (Wildman–Crippen MR) is 96.1 cm³/mol. The van der Waals surface area contributed by atoms with Crippen molar-refractivity contribution in [3.8, 4) is 0 Å². The van der Waals surface area contributed by atoms with Gasteiger partial charge < -0.3 is 0 Å². The van der Waals surface area contributed by atoms with E-state index in [9.17, 15) is 0 Å². The van der Waals surface area contributed by atoms with Crippen LogP contribution in [0.3, 0.4) is 0 Å². The molecule has 3 aromatic heterocycles. The van der Waals surface area contributed by atoms with Crippen LogP contribution in [0.2, 0.25) is 0 Å². The Morgan fingerprint density at radius 2 is 2.16 bits per heavy atom. The molecule has 6 nitrogen and oxygen atoms in total. The fourth-order valence-electron chi connectivity index (χ4n) is 4.54. The SMILES string of the molecule is C=Cn1ncc(CN2[C@H]3CC[C@@H]2c2cnc4cc(C)nn4c2C3)c1C. The highest BCUT2D eigenvalue weighted by Gasteiger charge is 2.41. The Labute approximate surface area is 146 Å². The molecule has 0 unspecified atom stereocenters. The molecule has 2 bridgehead atoms. The molecular weight excluding hydrogens is 312 g/mol. The number of hydrogen-bond donors (Lipinski definition) is 0. The fourth-order valence-corrected chi connectivity index (χ4v) is 4.54. The van der Waals surface area contributed by atoms with Crippen molar-refractivity contribution in [2.75, 3.05) is 0 Å². The van der Waals surface area contributed by atoms with Gasteiger partial charge in [0.15, 0.2) is 5.65 Å². The minimum atomic E-state index is 0.432. The first kappa shape index (κ1) is 14.8. The first-order chi connectivity index (χ1) is 12.2. The lowest BCUT2D eigenvalue weighted by atomic mass is 9.98. The smallest absolute Gasteiger partial charge is 0.155 e. The Hall–Kier alpha value is -2.47. The summed E-state index contributed by atoms with van der Waals surface area (Å²) in [6, 6.07) is 3.06. The van der Waals surface area contributed by atoms with Crippen molar-refractivity contribution in [3.05, 3.63) is 53.2 Å². The van der Waals surface area contributed by atoms with Crippen LogP contribution in [-0.4, -0.2) is 35.3 Å². The van der Waals surface area contributed by atoms with Gasteiger partial charge in [-0.3, -0.25) is 4.90 Å². The molecule has 0 aromatic carbocycles. The number of aryl methyl sites for hydroxylation is 1. The van der Waals surface area contributed by atoms with Crippen LogP contribution in [0.4, 0.5) is 0 Å². The van der Waals surface area contributed by atoms with Crippen molar-refractivity contribution in [2.24, 2.45) is 0 Å². The maximum absolute atomic E-state index is 4.67. The molecule has 2 aliphatic rings. The van der Waals surface area contributed by atoms with E-state index in [1.54, 1.807) is 6.20 Å². The second-order valence-corrected chi connectivity index (χ2v) is 7.22. The predicted octanol–water partition coefficient (Wildman–Crippen LogP) is 2.90. The van der Waals surface area contributed by atoms with Crippen LogP contribution in [0, 0.1) is 13.8 Å². The highest BCUT2D eigenvalue weighted by Crippen LogP contribution is 2.44. The number of nitrogens with zero attached hydrogens (tertiary/aromatic N) is 6. The average Bonchev–Trinajstić information content (AvgIpc) is 3.23. The van der Waals surface area contributed by atoms with Gasteiger partial charge >= 0.3 is 0 Å². The van der Waals surface area contributed by atoms with Crippen molar-refractivity contribution in [3.63, 3.8) is 0 Å². The number of fused-ring (bicyclic) bond motifs is 6. The molecule has 0 amide bonds. The summed E-state index contributed by atoms with van der Waals surface area (Å²) >= 11 is 0. The summed E-state index contributed by atoms with van der Waals surface area (Å²) in [5.41, 5.74) is 7.15. The van der Waals surface area contributed by atoms with E-state index in [0.29, 0.717) is 12.1 Å². The topological polar surface area (TPSA) is 51.2 Å². The molecule has 0 N–H and O–H groups in total. The van der Waals surface area contributed by atoms with Gasteiger partial charge in [0.1, 0.15) is 0 Å². The molecule has 3 aromatic rings. The summed E-state index contributed by atoms with van der Waals surface area (Å²) in [4.78, 5) is 7.28. The Kier molecular flexibility index (Phi) is 3.12. The Balaban J connectivity index is 1.54. The standard InChI is InChI=1S/C19H22N6/c1-4-24-13(3)14(9-21-24)11-23-15-5-6-17(23)16-10-20-19-7-12(2)22-25(19)18(16)8-15/h4,7,9-10,15,17H,1,5-6,8,11H2,2-3H3/t15-,17+/m0/s1. The quantitative estimate of drug-likeness (QED) is 0.739. The van der Waals surface area contributed by atoms with Gasteiger partial charge in [-0.1, -0.05) is 6.58 Å². The molecule has 0 saturated carbocycles. The van der Waals surface area contributed by atoms with Crippen LogP contribution in [0.5, 0.6) is 0 Å². The van der Waals surface area contributed by atoms with Crippen molar-refractivity contribution in [2.45, 2.75) is 51.7 Å². The van der Waals surface area contributed by atoms with Gasteiger partial charge in [0, 0.05) is 60.3 Å². The van der Waals surface area contributed by atoms with Crippen LogP contribution >= 0.6 is 0 Å². The van der Waals surface area contributed by atoms with E-state index >= 15 is 0 Å². The van der Waals surface area contributed by atoms with Gasteiger partial charge in [-0.15, -0.1) is 0 Å². The summed E-state index contributed by atoms with van der Waals surface area (Å²) in [6.45, 7) is 8.90. The van der Waals surface area contributed by atoms with Gasteiger partial charge in [-0.2, -0.15) is 10.2 Å². The van der Waals surface area contributed by atoms with E-state index in [2.05, 4.69) is 50.4 Å². The number of hydrogen-bond acceptors (Lipinski definition) is 4. The van der Waals surface area contributed by atoms with Crippen molar-refractivity contribution in [1.29, 1.82) is 0 Å². The van der Waals surface area contributed by atoms with Crippen molar-refractivity contribution >= 4 is 11.8 Å². The second-order valence-electron chi connectivity index (χ2n) is 7.22. The van der Waals surface area contributed by atoms with Gasteiger partial charge in [0.2, 0.25) is 0 Å². The molecule has 1 fully saturated rings. The van der Waals surface area contributed by atoms with E-state index in [-0.39, 0.29) is 0 Å². The third-order valence-corrected chi connectivity index (χ3v) is 5.84. The third-order valence-electron chi connectivity index (χ3n) is 5.84. The zero-order chi connectivity index (χ0) is 17.1. The van der Waals surface area contributed by atoms with Crippen LogP contribution in [0.25, 0.3) is 11.8 Å². The molecule has 25 heavy (non-hydrogen) atoms. The summed E-state index contributed by atoms with van der Waals surface area (Å²) in [6.07, 6.45) is 9.28. The normalized spacial score (nSPS) is 22.5. The first-order valence-electron chi connectivity index (χ1n) is 8.91. The van der Waals surface area contributed by atoms with Crippen molar-refractivity contribution < 1.29 is 0 Å². The molecule has 5 heterocycles. The van der Waals surface area contributed by atoms with Crippen LogP contribution < -0.4 is 0 Å². The lowest BCUT2D eigenvalue weighted by Gasteiger charge is -2.36. The molecule has 1 saturated heterocycles. The summed E-state index contributed by atoms with van der Waals surface area (Å²) < 4.78 is 3.92. The second kappa shape index (κ2) is 5.26. The van der Waals surface area contributed by atoms with Crippen LogP contribution in [-0.2, 0) is 13.0 Å². The molecule has 0 aliphatic carbocycles. The Morgan fingerprint density at radius 3 is 2.96 bits per heavy atom. The minimum absolute atomic E-state index is 0.432. The molecule has 128 valence electrons. The molecule has 6 heteroatoms. The van der Waals surface area contributed by atoms with E-state index in [0.717, 1.165) is 24.3 Å². The molecule has 5 rings (SSSR count). The van der Waals surface area contributed by atoms with Gasteiger partial charge in [0.05, 0.1) is 17.6 Å². The van der Waals surface area contributed by atoms with Gasteiger partial charge in [-0.25, -0.2) is 14.2 Å². The van der Waals surface area contributed by atoms with Crippen molar-refractivity contribution in [1.82, 2.24) is 29.3 Å². The highest BCUT2D eigenvalue weighted by molar-refractivity contribution is 5.44. The molecule has 2 aliphatic heterocycles. The van der Waals surface area contributed by atoms with Crippen LogP contribution in [0.1, 0.15) is 47.1 Å². The summed E-state index contributed by atoms with van der Waals surface area (Å²) in [5.74, 6) is 0. The first-order valence-corrected chi connectivity index (χ1v) is 8.91. The van der Waals surface area contributed by atoms with Gasteiger partial charge in [0.25, 0.3) is 0 Å². The van der Waals surface area contributed by atoms with E-state index in [1.165, 1.54) is 35.4 Å². The number of aromatic nitrogens is 5. The zero-order valence-corrected chi connectivity index (χ0v) is 14.7. The van der Waals surface area contributed by atoms with Gasteiger partial charge in [-0.05, 0) is 26.7 Å². The van der Waals surface area contributed by atoms with E-state index in [4.69, 9.17) is 0 Å². The highest BCUT2D eigenvalue weighted by atomic mass is 15.3. The lowest BCUT2D eigenvalue weighted by Crippen LogP contribution is -2.38. The monoisotopic (exact) mass is 334 g/mol. The summed E-state index contributed by atoms with van der Waals surface area (Å²) in [7, 11) is 0. The average molecular weight is 334 g/mol. The largest absolute Gasteiger partial charge is 0.288 e. The Morgan fingerprint density at radius 1 is 1.28 bits per heavy atom. The summed E-state index contributed by atoms with van der Waals surface area (Å²) in [5, 5.41) is 9.08. The number of rotatable bonds is 3. The van der Waals surface area contributed by atoms with E-state index < -0.39 is 0 Å². The Bertz CT molecular complexity index is 981. The lowest BCUT2D eigenvalue weighted by molar-refractivity contribution is 0.165. The molecule has 2 atom stereocenters. The third kappa shape index (κ3) is 2.10. The molecule has 0 spiro atoms. The maximum atomic E-state index is 4.67. The molecule has 0 radical (unpaired) electrons. The maximum Gasteiger partial charge on any atom is 0.155 e. The minimum Gasteiger partial charge on any atom is -0.288 e. The fraction of sp³-hybridized carbons (Fsp3) is 0.421. The van der Waals surface area contributed by atoms with Crippen LogP contribution in [0.15, 0.2) is 25.0 Å². The zero-order valence-electron chi connectivity index (χ0n) is 14.7. The molecular formula is C19H22N6.